The van der Waals surface area contributed by atoms with Crippen LogP contribution in [0.1, 0.15) is 12.0 Å². The van der Waals surface area contributed by atoms with E-state index in [0.29, 0.717) is 11.3 Å². The average Bonchev–Trinajstić information content (AvgIpc) is 2.30. The normalized spacial score (nSPS) is 26.5. The van der Waals surface area contributed by atoms with Crippen molar-refractivity contribution >= 4 is 21.6 Å². The second-order valence-corrected chi connectivity index (χ2v) is 5.49. The van der Waals surface area contributed by atoms with Gasteiger partial charge in [0.05, 0.1) is 11.0 Å². The molecule has 1 saturated carbocycles. The van der Waals surface area contributed by atoms with Crippen molar-refractivity contribution in [2.45, 2.75) is 30.4 Å². The van der Waals surface area contributed by atoms with E-state index in [1.807, 2.05) is 0 Å². The number of hydrogen-bond donors (Lipinski definition) is 0. The monoisotopic (exact) mass is 315 g/mol. The fourth-order valence-electron chi connectivity index (χ4n) is 1.98. The maximum atomic E-state index is 10.8. The Labute approximate surface area is 113 Å². The minimum Gasteiger partial charge on any atom is -0.487 e. The molecule has 0 bridgehead atoms. The van der Waals surface area contributed by atoms with E-state index in [1.54, 1.807) is 26.2 Å². The molecule has 0 radical (unpaired) electrons. The van der Waals surface area contributed by atoms with Crippen LogP contribution in [0.25, 0.3) is 0 Å². The summed E-state index contributed by atoms with van der Waals surface area (Å²) in [4.78, 5) is 10.7. The maximum Gasteiger partial charge on any atom is 0.276 e. The second kappa shape index (κ2) is 5.24. The molecular formula is C12H14BrNO4. The largest absolute Gasteiger partial charge is 0.487 e. The highest BCUT2D eigenvalue weighted by atomic mass is 79.9. The smallest absolute Gasteiger partial charge is 0.276 e. The molecule has 0 heterocycles. The molecule has 1 aromatic rings. The van der Waals surface area contributed by atoms with Crippen molar-refractivity contribution < 1.29 is 14.4 Å². The van der Waals surface area contributed by atoms with Crippen molar-refractivity contribution in [2.75, 3.05) is 7.11 Å². The van der Waals surface area contributed by atoms with Gasteiger partial charge in [0.15, 0.2) is 0 Å². The van der Waals surface area contributed by atoms with Gasteiger partial charge in [0.2, 0.25) is 0 Å². The third kappa shape index (κ3) is 2.49. The van der Waals surface area contributed by atoms with Crippen LogP contribution in [0.3, 0.4) is 0 Å². The Hall–Kier alpha value is -1.14. The number of methoxy groups -OCH3 is 1. The van der Waals surface area contributed by atoms with Crippen molar-refractivity contribution in [3.63, 3.8) is 0 Å². The Balaban J connectivity index is 2.11. The van der Waals surface area contributed by atoms with E-state index in [1.165, 1.54) is 6.07 Å². The number of alkyl halides is 1. The van der Waals surface area contributed by atoms with E-state index < -0.39 is 4.92 Å². The highest BCUT2D eigenvalue weighted by Gasteiger charge is 2.41. The summed E-state index contributed by atoms with van der Waals surface area (Å²) in [7, 11) is 1.63. The Morgan fingerprint density at radius 3 is 2.78 bits per heavy atom. The van der Waals surface area contributed by atoms with Crippen LogP contribution in [0.2, 0.25) is 0 Å². The van der Waals surface area contributed by atoms with Crippen LogP contribution < -0.4 is 4.74 Å². The molecule has 18 heavy (non-hydrogen) atoms. The zero-order valence-corrected chi connectivity index (χ0v) is 11.7. The lowest BCUT2D eigenvalue weighted by Gasteiger charge is -2.40. The van der Waals surface area contributed by atoms with Gasteiger partial charge in [0, 0.05) is 23.9 Å². The average molecular weight is 316 g/mol. The van der Waals surface area contributed by atoms with Gasteiger partial charge in [-0.1, -0.05) is 15.9 Å². The highest BCUT2D eigenvalue weighted by Crippen LogP contribution is 2.34. The first kappa shape index (κ1) is 13.3. The maximum absolute atomic E-state index is 10.8. The summed E-state index contributed by atoms with van der Waals surface area (Å²) in [6.07, 6.45) is 0.771. The summed E-state index contributed by atoms with van der Waals surface area (Å²) in [5.41, 5.74) is 0.707. The molecule has 1 aromatic carbocycles. The quantitative estimate of drug-likeness (QED) is 0.487. The molecule has 2 rings (SSSR count). The number of halogens is 1. The molecule has 5 nitrogen and oxygen atoms in total. The molecule has 0 amide bonds. The molecule has 0 aromatic heterocycles. The fraction of sp³-hybridized carbons (Fsp3) is 0.500. The first-order valence-electron chi connectivity index (χ1n) is 5.61. The van der Waals surface area contributed by atoms with Crippen molar-refractivity contribution in [3.05, 3.63) is 33.9 Å². The van der Waals surface area contributed by atoms with Crippen molar-refractivity contribution in [1.29, 1.82) is 0 Å². The number of nitro groups is 1. The Bertz CT molecular complexity index is 465. The van der Waals surface area contributed by atoms with E-state index in [-0.39, 0.29) is 22.7 Å². The lowest BCUT2D eigenvalue weighted by Crippen LogP contribution is -2.51. The fourth-order valence-corrected chi connectivity index (χ4v) is 2.90. The molecule has 0 N–H and O–H groups in total. The summed E-state index contributed by atoms with van der Waals surface area (Å²) in [5, 5.41) is 10.8. The zero-order chi connectivity index (χ0) is 13.3. The molecule has 0 aliphatic heterocycles. The van der Waals surface area contributed by atoms with E-state index in [9.17, 15) is 10.1 Å². The Kier molecular flexibility index (Phi) is 3.87. The molecule has 6 heteroatoms. The molecule has 1 fully saturated rings. The van der Waals surface area contributed by atoms with Gasteiger partial charge in [-0.2, -0.15) is 0 Å². The van der Waals surface area contributed by atoms with E-state index in [4.69, 9.17) is 9.47 Å². The van der Waals surface area contributed by atoms with Gasteiger partial charge in [-0.05, 0) is 19.1 Å². The summed E-state index contributed by atoms with van der Waals surface area (Å²) in [5.74, 6) is 0.513. The van der Waals surface area contributed by atoms with Crippen LogP contribution in [-0.4, -0.2) is 29.1 Å². The van der Waals surface area contributed by atoms with Crippen LogP contribution in [0.15, 0.2) is 18.2 Å². The molecule has 1 aliphatic carbocycles. The predicted octanol–water partition coefficient (Wildman–Crippen LogP) is 2.83. The number of rotatable bonds is 4. The third-order valence-electron chi connectivity index (χ3n) is 3.12. The number of aryl methyl sites for hydroxylation is 1. The molecule has 0 spiro atoms. The summed E-state index contributed by atoms with van der Waals surface area (Å²) in [6.45, 7) is 1.71. The lowest BCUT2D eigenvalue weighted by molar-refractivity contribution is -0.385. The topological polar surface area (TPSA) is 61.6 Å². The highest BCUT2D eigenvalue weighted by molar-refractivity contribution is 9.09. The first-order valence-corrected chi connectivity index (χ1v) is 6.53. The van der Waals surface area contributed by atoms with Gasteiger partial charge >= 0.3 is 0 Å². The predicted molar refractivity (Wildman–Crippen MR) is 70.4 cm³/mol. The van der Waals surface area contributed by atoms with Crippen LogP contribution in [0, 0.1) is 17.0 Å². The van der Waals surface area contributed by atoms with E-state index >= 15 is 0 Å². The number of benzene rings is 1. The van der Waals surface area contributed by atoms with Crippen molar-refractivity contribution in [1.82, 2.24) is 0 Å². The number of ether oxygens (including phenoxy) is 2. The Morgan fingerprint density at radius 1 is 1.50 bits per heavy atom. The standard InChI is InChI=1S/C12H14BrNO4/c1-7-3-4-8(5-10(7)14(15)16)18-11-6-9(13)12(11)17-2/h3-5,9,11-12H,6H2,1-2H3. The van der Waals surface area contributed by atoms with Gasteiger partial charge in [0.1, 0.15) is 18.0 Å². The zero-order valence-electron chi connectivity index (χ0n) is 10.1. The Morgan fingerprint density at radius 2 is 2.22 bits per heavy atom. The SMILES string of the molecule is COC1C(Br)CC1Oc1ccc(C)c([N+](=O)[O-])c1. The number of nitro benzene ring substituents is 1. The first-order chi connectivity index (χ1) is 8.52. The summed E-state index contributed by atoms with van der Waals surface area (Å²) in [6, 6.07) is 4.90. The van der Waals surface area contributed by atoms with Crippen molar-refractivity contribution in [3.8, 4) is 5.75 Å². The van der Waals surface area contributed by atoms with Gasteiger partial charge in [0.25, 0.3) is 5.69 Å². The van der Waals surface area contributed by atoms with Crippen LogP contribution in [-0.2, 0) is 4.74 Å². The minimum absolute atomic E-state index is 0.00893. The molecule has 3 atom stereocenters. The lowest BCUT2D eigenvalue weighted by atomic mass is 9.91. The van der Waals surface area contributed by atoms with Crippen LogP contribution in [0.5, 0.6) is 5.75 Å². The van der Waals surface area contributed by atoms with E-state index in [2.05, 4.69) is 15.9 Å². The third-order valence-corrected chi connectivity index (χ3v) is 4.01. The van der Waals surface area contributed by atoms with Crippen LogP contribution in [0.4, 0.5) is 5.69 Å². The molecule has 1 aliphatic rings. The van der Waals surface area contributed by atoms with Gasteiger partial charge in [-0.15, -0.1) is 0 Å². The second-order valence-electron chi connectivity index (χ2n) is 4.31. The van der Waals surface area contributed by atoms with Gasteiger partial charge < -0.3 is 9.47 Å². The van der Waals surface area contributed by atoms with Crippen molar-refractivity contribution in [2.24, 2.45) is 0 Å². The summed E-state index contributed by atoms with van der Waals surface area (Å²) < 4.78 is 11.0. The number of hydrogen-bond acceptors (Lipinski definition) is 4. The molecule has 0 saturated heterocycles. The minimum atomic E-state index is -0.399. The van der Waals surface area contributed by atoms with Gasteiger partial charge in [-0.25, -0.2) is 0 Å². The molecule has 3 unspecified atom stereocenters. The molecule has 98 valence electrons. The van der Waals surface area contributed by atoms with Crippen LogP contribution >= 0.6 is 15.9 Å². The molecular weight excluding hydrogens is 302 g/mol. The van der Waals surface area contributed by atoms with E-state index in [0.717, 1.165) is 6.42 Å². The number of nitrogens with zero attached hydrogens (tertiary/aromatic N) is 1. The van der Waals surface area contributed by atoms with Gasteiger partial charge in [-0.3, -0.25) is 10.1 Å². The summed E-state index contributed by atoms with van der Waals surface area (Å²) >= 11 is 3.48.